The zero-order valence-electron chi connectivity index (χ0n) is 15.0. The first-order chi connectivity index (χ1) is 11.5. The maximum absolute atomic E-state index is 12.8. The summed E-state index contributed by atoms with van der Waals surface area (Å²) in [7, 11) is 0. The molecule has 0 saturated heterocycles. The van der Waals surface area contributed by atoms with E-state index in [4.69, 9.17) is 0 Å². The van der Waals surface area contributed by atoms with E-state index in [9.17, 15) is 4.79 Å². The molecular weight excluding hydrogens is 296 g/mol. The number of amides is 1. The van der Waals surface area contributed by atoms with Crippen molar-refractivity contribution in [2.24, 2.45) is 17.8 Å². The highest BCUT2D eigenvalue weighted by Crippen LogP contribution is 2.55. The fraction of sp³-hybridized carbons (Fsp3) is 0.667. The number of carbonyl (C=O) groups excluding carboxylic acids is 1. The Balaban J connectivity index is 1.38. The van der Waals surface area contributed by atoms with E-state index < -0.39 is 0 Å². The third-order valence-electron chi connectivity index (χ3n) is 6.57. The molecule has 3 nitrogen and oxygen atoms in total. The number of hydrogen-bond donors (Lipinski definition) is 2. The van der Waals surface area contributed by atoms with E-state index in [1.54, 1.807) is 0 Å². The van der Waals surface area contributed by atoms with Crippen molar-refractivity contribution >= 4 is 11.6 Å². The molecule has 0 aliphatic heterocycles. The van der Waals surface area contributed by atoms with Gasteiger partial charge in [-0.05, 0) is 87.3 Å². The SMILES string of the molecule is CCc1ccc(N[C@H](C)C(=O)NC23CC4CC(CC(C4)C2)C3)cc1. The maximum Gasteiger partial charge on any atom is 0.242 e. The largest absolute Gasteiger partial charge is 0.374 e. The van der Waals surface area contributed by atoms with Crippen LogP contribution in [0.2, 0.25) is 0 Å². The van der Waals surface area contributed by atoms with Gasteiger partial charge in [-0.25, -0.2) is 0 Å². The van der Waals surface area contributed by atoms with Crippen molar-refractivity contribution < 1.29 is 4.79 Å². The van der Waals surface area contributed by atoms with Gasteiger partial charge in [-0.2, -0.15) is 0 Å². The van der Waals surface area contributed by atoms with Crippen molar-refractivity contribution in [2.45, 2.75) is 70.4 Å². The second-order valence-corrected chi connectivity index (χ2v) is 8.60. The van der Waals surface area contributed by atoms with Gasteiger partial charge in [0, 0.05) is 11.2 Å². The number of carbonyl (C=O) groups is 1. The van der Waals surface area contributed by atoms with Gasteiger partial charge >= 0.3 is 0 Å². The van der Waals surface area contributed by atoms with Crippen LogP contribution in [0.4, 0.5) is 5.69 Å². The number of rotatable bonds is 5. The van der Waals surface area contributed by atoms with Crippen LogP contribution in [0.25, 0.3) is 0 Å². The van der Waals surface area contributed by atoms with Crippen molar-refractivity contribution in [3.05, 3.63) is 29.8 Å². The van der Waals surface area contributed by atoms with Gasteiger partial charge in [-0.3, -0.25) is 4.79 Å². The second-order valence-electron chi connectivity index (χ2n) is 8.60. The molecule has 4 saturated carbocycles. The molecule has 0 radical (unpaired) electrons. The van der Waals surface area contributed by atoms with Crippen LogP contribution in [0, 0.1) is 17.8 Å². The maximum atomic E-state index is 12.8. The van der Waals surface area contributed by atoms with Crippen LogP contribution in [0.15, 0.2) is 24.3 Å². The molecule has 4 aliphatic carbocycles. The molecule has 1 aromatic rings. The van der Waals surface area contributed by atoms with Crippen LogP contribution in [-0.2, 0) is 11.2 Å². The lowest BCUT2D eigenvalue weighted by Crippen LogP contribution is -2.61. The van der Waals surface area contributed by atoms with Crippen molar-refractivity contribution in [3.8, 4) is 0 Å². The average molecular weight is 326 g/mol. The number of aryl methyl sites for hydroxylation is 1. The number of nitrogens with one attached hydrogen (secondary N) is 2. The second kappa shape index (κ2) is 6.09. The van der Waals surface area contributed by atoms with Gasteiger partial charge in [-0.15, -0.1) is 0 Å². The zero-order valence-corrected chi connectivity index (χ0v) is 15.0. The highest BCUT2D eigenvalue weighted by Gasteiger charge is 2.51. The Kier molecular flexibility index (Phi) is 4.06. The fourth-order valence-corrected chi connectivity index (χ4v) is 5.79. The number of hydrogen-bond acceptors (Lipinski definition) is 2. The summed E-state index contributed by atoms with van der Waals surface area (Å²) in [4.78, 5) is 12.8. The number of benzene rings is 1. The summed E-state index contributed by atoms with van der Waals surface area (Å²) < 4.78 is 0. The Bertz CT molecular complexity index is 571. The molecule has 2 N–H and O–H groups in total. The van der Waals surface area contributed by atoms with Gasteiger partial charge in [0.1, 0.15) is 6.04 Å². The van der Waals surface area contributed by atoms with E-state index in [1.165, 1.54) is 44.1 Å². The van der Waals surface area contributed by atoms with Gasteiger partial charge in [0.15, 0.2) is 0 Å². The summed E-state index contributed by atoms with van der Waals surface area (Å²) in [6, 6.07) is 8.23. The van der Waals surface area contributed by atoms with Gasteiger partial charge in [0.2, 0.25) is 5.91 Å². The van der Waals surface area contributed by atoms with Crippen LogP contribution >= 0.6 is 0 Å². The zero-order chi connectivity index (χ0) is 16.7. The normalized spacial score (nSPS) is 34.8. The third-order valence-corrected chi connectivity index (χ3v) is 6.57. The van der Waals surface area contributed by atoms with Crippen LogP contribution in [0.1, 0.15) is 57.9 Å². The van der Waals surface area contributed by atoms with Crippen molar-refractivity contribution in [1.82, 2.24) is 5.32 Å². The summed E-state index contributed by atoms with van der Waals surface area (Å²) >= 11 is 0. The van der Waals surface area contributed by atoms with Crippen LogP contribution in [0.3, 0.4) is 0 Å². The first kappa shape index (κ1) is 16.0. The molecule has 3 heteroatoms. The molecular formula is C21H30N2O. The molecule has 0 spiro atoms. The first-order valence-electron chi connectivity index (χ1n) is 9.73. The van der Waals surface area contributed by atoms with Crippen LogP contribution < -0.4 is 10.6 Å². The number of anilines is 1. The Labute approximate surface area is 145 Å². The molecule has 1 atom stereocenters. The Morgan fingerprint density at radius 1 is 1.08 bits per heavy atom. The van der Waals surface area contributed by atoms with E-state index in [1.807, 2.05) is 6.92 Å². The molecule has 24 heavy (non-hydrogen) atoms. The molecule has 1 amide bonds. The van der Waals surface area contributed by atoms with Crippen molar-refractivity contribution in [3.63, 3.8) is 0 Å². The van der Waals surface area contributed by atoms with E-state index in [0.29, 0.717) is 0 Å². The Morgan fingerprint density at radius 2 is 1.62 bits per heavy atom. The van der Waals surface area contributed by atoms with Gasteiger partial charge in [0.25, 0.3) is 0 Å². The van der Waals surface area contributed by atoms with Crippen LogP contribution in [-0.4, -0.2) is 17.5 Å². The highest BCUT2D eigenvalue weighted by atomic mass is 16.2. The topological polar surface area (TPSA) is 41.1 Å². The molecule has 4 bridgehead atoms. The van der Waals surface area contributed by atoms with Crippen LogP contribution in [0.5, 0.6) is 0 Å². The van der Waals surface area contributed by atoms with Gasteiger partial charge < -0.3 is 10.6 Å². The predicted molar refractivity (Wildman–Crippen MR) is 98.0 cm³/mol. The molecule has 5 rings (SSSR count). The molecule has 0 aromatic heterocycles. The van der Waals surface area contributed by atoms with E-state index in [-0.39, 0.29) is 17.5 Å². The molecule has 4 fully saturated rings. The first-order valence-corrected chi connectivity index (χ1v) is 9.73. The van der Waals surface area contributed by atoms with Crippen molar-refractivity contribution in [2.75, 3.05) is 5.32 Å². The molecule has 130 valence electrons. The summed E-state index contributed by atoms with van der Waals surface area (Å²) in [6.07, 6.45) is 8.91. The Hall–Kier alpha value is -1.51. The molecule has 0 heterocycles. The van der Waals surface area contributed by atoms with E-state index in [2.05, 4.69) is 41.8 Å². The third kappa shape index (κ3) is 3.05. The molecule has 1 aromatic carbocycles. The monoisotopic (exact) mass is 326 g/mol. The lowest BCUT2D eigenvalue weighted by molar-refractivity contribution is -0.127. The predicted octanol–water partition coefficient (Wildman–Crippen LogP) is 4.13. The minimum absolute atomic E-state index is 0.105. The lowest BCUT2D eigenvalue weighted by Gasteiger charge is -2.57. The minimum atomic E-state index is -0.189. The smallest absolute Gasteiger partial charge is 0.242 e. The summed E-state index contributed by atoms with van der Waals surface area (Å²) in [5.74, 6) is 2.75. The summed E-state index contributed by atoms with van der Waals surface area (Å²) in [6.45, 7) is 4.13. The summed E-state index contributed by atoms with van der Waals surface area (Å²) in [5, 5.41) is 6.83. The molecule has 0 unspecified atom stereocenters. The quantitative estimate of drug-likeness (QED) is 0.854. The fourth-order valence-electron chi connectivity index (χ4n) is 5.79. The average Bonchev–Trinajstić information content (AvgIpc) is 2.53. The van der Waals surface area contributed by atoms with E-state index >= 15 is 0 Å². The molecule has 4 aliphatic rings. The van der Waals surface area contributed by atoms with Crippen molar-refractivity contribution in [1.29, 1.82) is 0 Å². The highest BCUT2D eigenvalue weighted by molar-refractivity contribution is 5.84. The lowest BCUT2D eigenvalue weighted by atomic mass is 9.53. The Morgan fingerprint density at radius 3 is 2.12 bits per heavy atom. The standard InChI is InChI=1S/C21H30N2O/c1-3-15-4-6-19(7-5-15)22-14(2)20(24)23-21-11-16-8-17(12-21)10-18(9-16)13-21/h4-7,14,16-18,22H,3,8-13H2,1-2H3,(H,23,24)/t14-,16?,17?,18?,21?/m1/s1. The van der Waals surface area contributed by atoms with Gasteiger partial charge in [0.05, 0.1) is 0 Å². The summed E-state index contributed by atoms with van der Waals surface area (Å²) in [5.41, 5.74) is 2.46. The van der Waals surface area contributed by atoms with E-state index in [0.717, 1.165) is 29.9 Å². The minimum Gasteiger partial charge on any atom is -0.374 e. The van der Waals surface area contributed by atoms with Gasteiger partial charge in [-0.1, -0.05) is 19.1 Å².